The van der Waals surface area contributed by atoms with Crippen LogP contribution in [0.5, 0.6) is 0 Å². The third-order valence-corrected chi connectivity index (χ3v) is 4.09. The smallest absolute Gasteiger partial charge is 0.123 e. The van der Waals surface area contributed by atoms with E-state index in [2.05, 4.69) is 18.9 Å². The first-order valence-corrected chi connectivity index (χ1v) is 6.79. The zero-order valence-electron chi connectivity index (χ0n) is 11.3. The first kappa shape index (κ1) is 13.5. The highest BCUT2D eigenvalue weighted by Crippen LogP contribution is 2.34. The molecule has 2 nitrogen and oxygen atoms in total. The lowest BCUT2D eigenvalue weighted by Crippen LogP contribution is -2.33. The number of rotatable bonds is 6. The van der Waals surface area contributed by atoms with Crippen LogP contribution in [0.1, 0.15) is 37.8 Å². The first-order valence-electron chi connectivity index (χ1n) is 6.79. The van der Waals surface area contributed by atoms with Crippen molar-refractivity contribution in [2.45, 2.75) is 38.3 Å². The number of nitrogens with two attached hydrogens (primary N) is 1. The molecule has 2 N–H and O–H groups in total. The topological polar surface area (TPSA) is 29.3 Å². The summed E-state index contributed by atoms with van der Waals surface area (Å²) in [7, 11) is 2.17. The van der Waals surface area contributed by atoms with Gasteiger partial charge in [-0.2, -0.15) is 0 Å². The Morgan fingerprint density at radius 2 is 1.94 bits per heavy atom. The zero-order valence-corrected chi connectivity index (χ0v) is 11.3. The molecule has 3 heteroatoms. The van der Waals surface area contributed by atoms with Crippen molar-refractivity contribution in [2.24, 2.45) is 11.7 Å². The fourth-order valence-electron chi connectivity index (χ4n) is 2.36. The molecule has 0 spiro atoms. The Bertz CT molecular complexity index is 373. The molecule has 1 aliphatic rings. The summed E-state index contributed by atoms with van der Waals surface area (Å²) in [5, 5.41) is 0. The van der Waals surface area contributed by atoms with Crippen molar-refractivity contribution in [3.8, 4) is 0 Å². The van der Waals surface area contributed by atoms with Crippen molar-refractivity contribution in [3.05, 3.63) is 35.6 Å². The maximum atomic E-state index is 12.8. The van der Waals surface area contributed by atoms with Gasteiger partial charge in [-0.15, -0.1) is 0 Å². The number of hydrogen-bond donors (Lipinski definition) is 1. The van der Waals surface area contributed by atoms with Crippen molar-refractivity contribution in [2.75, 3.05) is 13.6 Å². The van der Waals surface area contributed by atoms with Crippen LogP contribution in [0, 0.1) is 11.7 Å². The summed E-state index contributed by atoms with van der Waals surface area (Å²) in [5.74, 6) is 0.683. The Morgan fingerprint density at radius 3 is 2.50 bits per heavy atom. The average molecular weight is 250 g/mol. The summed E-state index contributed by atoms with van der Waals surface area (Å²) in [6, 6.07) is 7.18. The zero-order chi connectivity index (χ0) is 13.1. The second-order valence-electron chi connectivity index (χ2n) is 5.51. The van der Waals surface area contributed by atoms with Crippen molar-refractivity contribution in [1.82, 2.24) is 4.90 Å². The number of halogens is 1. The van der Waals surface area contributed by atoms with Gasteiger partial charge >= 0.3 is 0 Å². The van der Waals surface area contributed by atoms with Gasteiger partial charge in [0.25, 0.3) is 0 Å². The quantitative estimate of drug-likeness (QED) is 0.841. The van der Waals surface area contributed by atoms with Crippen LogP contribution in [0.15, 0.2) is 24.3 Å². The predicted octanol–water partition coefficient (Wildman–Crippen LogP) is 2.95. The molecule has 100 valence electrons. The summed E-state index contributed by atoms with van der Waals surface area (Å²) < 4.78 is 12.8. The van der Waals surface area contributed by atoms with E-state index in [4.69, 9.17) is 5.73 Å². The van der Waals surface area contributed by atoms with Gasteiger partial charge in [-0.3, -0.25) is 0 Å². The minimum atomic E-state index is -0.203. The Hall–Kier alpha value is -0.930. The summed E-state index contributed by atoms with van der Waals surface area (Å²) in [6.07, 6.45) is 3.66. The Morgan fingerprint density at radius 1 is 1.33 bits per heavy atom. The fourth-order valence-corrected chi connectivity index (χ4v) is 2.36. The number of nitrogens with zero attached hydrogens (tertiary/aromatic N) is 1. The van der Waals surface area contributed by atoms with Crippen LogP contribution in [-0.4, -0.2) is 24.5 Å². The Labute approximate surface area is 109 Å². The van der Waals surface area contributed by atoms with Gasteiger partial charge in [0.2, 0.25) is 0 Å². The van der Waals surface area contributed by atoms with Crippen LogP contribution in [0.3, 0.4) is 0 Å². The molecule has 1 aromatic rings. The molecule has 0 radical (unpaired) electrons. The van der Waals surface area contributed by atoms with Gasteiger partial charge < -0.3 is 10.6 Å². The maximum Gasteiger partial charge on any atom is 0.123 e. The van der Waals surface area contributed by atoms with E-state index in [-0.39, 0.29) is 11.9 Å². The highest BCUT2D eigenvalue weighted by molar-refractivity contribution is 5.19. The molecule has 1 aliphatic carbocycles. The molecule has 0 heterocycles. The van der Waals surface area contributed by atoms with E-state index in [1.165, 1.54) is 25.0 Å². The lowest BCUT2D eigenvalue weighted by Gasteiger charge is -2.26. The van der Waals surface area contributed by atoms with Crippen LogP contribution in [0.2, 0.25) is 0 Å². The van der Waals surface area contributed by atoms with Gasteiger partial charge in [-0.25, -0.2) is 4.39 Å². The lowest BCUT2D eigenvalue weighted by molar-refractivity contribution is 0.226. The summed E-state index contributed by atoms with van der Waals surface area (Å²) in [6.45, 7) is 3.29. The van der Waals surface area contributed by atoms with Gasteiger partial charge in [-0.05, 0) is 63.4 Å². The van der Waals surface area contributed by atoms with Crippen molar-refractivity contribution >= 4 is 0 Å². The third kappa shape index (κ3) is 3.53. The Balaban J connectivity index is 1.80. The standard InChI is InChI=1S/C15H23FN2/c1-11(12-3-4-12)18(2)10-9-15(17)13-5-7-14(16)8-6-13/h5-8,11-12,15H,3-4,9-10,17H2,1-2H3. The molecule has 0 saturated heterocycles. The molecular weight excluding hydrogens is 227 g/mol. The fraction of sp³-hybridized carbons (Fsp3) is 0.600. The van der Waals surface area contributed by atoms with Crippen LogP contribution in [0.4, 0.5) is 4.39 Å². The molecule has 18 heavy (non-hydrogen) atoms. The van der Waals surface area contributed by atoms with Gasteiger partial charge in [-0.1, -0.05) is 12.1 Å². The normalized spacial score (nSPS) is 18.9. The molecule has 0 bridgehead atoms. The van der Waals surface area contributed by atoms with Gasteiger partial charge in [0.1, 0.15) is 5.82 Å². The first-order chi connectivity index (χ1) is 8.58. The molecule has 0 aromatic heterocycles. The van der Waals surface area contributed by atoms with E-state index < -0.39 is 0 Å². The monoisotopic (exact) mass is 250 g/mol. The molecule has 2 atom stereocenters. The molecule has 2 unspecified atom stereocenters. The van der Waals surface area contributed by atoms with E-state index >= 15 is 0 Å². The van der Waals surface area contributed by atoms with Crippen molar-refractivity contribution < 1.29 is 4.39 Å². The van der Waals surface area contributed by atoms with Gasteiger partial charge in [0.05, 0.1) is 0 Å². The average Bonchev–Trinajstić information content (AvgIpc) is 3.19. The minimum absolute atomic E-state index is 0.000506. The summed E-state index contributed by atoms with van der Waals surface area (Å²) in [4.78, 5) is 2.39. The van der Waals surface area contributed by atoms with Crippen molar-refractivity contribution in [3.63, 3.8) is 0 Å². The van der Waals surface area contributed by atoms with Crippen LogP contribution in [-0.2, 0) is 0 Å². The van der Waals surface area contributed by atoms with E-state index in [0.29, 0.717) is 6.04 Å². The summed E-state index contributed by atoms with van der Waals surface area (Å²) >= 11 is 0. The van der Waals surface area contributed by atoms with E-state index in [1.54, 1.807) is 12.1 Å². The van der Waals surface area contributed by atoms with E-state index in [1.807, 2.05) is 0 Å². The lowest BCUT2D eigenvalue weighted by atomic mass is 10.0. The van der Waals surface area contributed by atoms with Gasteiger partial charge in [0.15, 0.2) is 0 Å². The van der Waals surface area contributed by atoms with Crippen LogP contribution >= 0.6 is 0 Å². The molecular formula is C15H23FN2. The van der Waals surface area contributed by atoms with Gasteiger partial charge in [0, 0.05) is 12.1 Å². The second kappa shape index (κ2) is 5.81. The third-order valence-electron chi connectivity index (χ3n) is 4.09. The Kier molecular flexibility index (Phi) is 4.36. The van der Waals surface area contributed by atoms with Crippen LogP contribution < -0.4 is 5.73 Å². The maximum absolute atomic E-state index is 12.8. The van der Waals surface area contributed by atoms with Crippen molar-refractivity contribution in [1.29, 1.82) is 0 Å². The largest absolute Gasteiger partial charge is 0.324 e. The molecule has 1 saturated carbocycles. The van der Waals surface area contributed by atoms with E-state index in [0.717, 1.165) is 24.4 Å². The molecule has 0 aliphatic heterocycles. The minimum Gasteiger partial charge on any atom is -0.324 e. The molecule has 0 amide bonds. The highest BCUT2D eigenvalue weighted by atomic mass is 19.1. The highest BCUT2D eigenvalue weighted by Gasteiger charge is 2.30. The molecule has 2 rings (SSSR count). The second-order valence-corrected chi connectivity index (χ2v) is 5.51. The predicted molar refractivity (Wildman–Crippen MR) is 72.8 cm³/mol. The molecule has 1 aromatic carbocycles. The molecule has 1 fully saturated rings. The number of benzene rings is 1. The summed E-state index contributed by atoms with van der Waals surface area (Å²) in [5.41, 5.74) is 7.15. The SMILES string of the molecule is CC(C1CC1)N(C)CCC(N)c1ccc(F)cc1. The van der Waals surface area contributed by atoms with E-state index in [9.17, 15) is 4.39 Å². The van der Waals surface area contributed by atoms with Crippen LogP contribution in [0.25, 0.3) is 0 Å². The number of hydrogen-bond acceptors (Lipinski definition) is 2.